The number of hydrogen-bond donors (Lipinski definition) is 0. The molecule has 5 rings (SSSR count). The number of carbonyl (C=O) groups is 1. The molecule has 174 valence electrons. The fraction of sp³-hybridized carbons (Fsp3) is 0.391. The molecule has 0 N–H and O–H groups in total. The van der Waals surface area contributed by atoms with Crippen LogP contribution in [0.15, 0.2) is 47.4 Å². The molecule has 3 aromatic rings. The number of para-hydroxylation sites is 1. The van der Waals surface area contributed by atoms with Crippen molar-refractivity contribution >= 4 is 54.2 Å². The summed E-state index contributed by atoms with van der Waals surface area (Å²) in [5, 5.41) is 1.09. The van der Waals surface area contributed by atoms with Crippen LogP contribution < -0.4 is 4.90 Å². The van der Waals surface area contributed by atoms with Crippen LogP contribution >= 0.6 is 22.9 Å². The lowest BCUT2D eigenvalue weighted by Gasteiger charge is -2.23. The molecule has 1 atom stereocenters. The number of ether oxygens (including phenoxy) is 1. The molecular formula is C23H24ClN3O4S2. The van der Waals surface area contributed by atoms with E-state index in [-0.39, 0.29) is 16.9 Å². The molecule has 33 heavy (non-hydrogen) atoms. The third-order valence-corrected chi connectivity index (χ3v) is 9.31. The van der Waals surface area contributed by atoms with E-state index in [2.05, 4.69) is 4.98 Å². The molecule has 0 spiro atoms. The molecule has 2 aromatic carbocycles. The fourth-order valence-corrected chi connectivity index (χ4v) is 7.05. The molecule has 2 fully saturated rings. The summed E-state index contributed by atoms with van der Waals surface area (Å²) >= 11 is 7.71. The number of thiazole rings is 1. The topological polar surface area (TPSA) is 79.8 Å². The number of sulfonamides is 1. The number of anilines is 1. The van der Waals surface area contributed by atoms with Gasteiger partial charge in [0.25, 0.3) is 5.91 Å². The maximum absolute atomic E-state index is 13.6. The summed E-state index contributed by atoms with van der Waals surface area (Å²) in [6, 6.07) is 11.7. The maximum atomic E-state index is 13.6. The Bertz CT molecular complexity index is 1260. The van der Waals surface area contributed by atoms with E-state index < -0.39 is 10.0 Å². The second kappa shape index (κ2) is 9.31. The first-order chi connectivity index (χ1) is 15.9. The van der Waals surface area contributed by atoms with Crippen LogP contribution in [0.25, 0.3) is 10.2 Å². The van der Waals surface area contributed by atoms with E-state index in [0.29, 0.717) is 47.5 Å². The van der Waals surface area contributed by atoms with Gasteiger partial charge in [-0.1, -0.05) is 29.0 Å². The molecule has 2 aliphatic heterocycles. The molecule has 1 aromatic heterocycles. The van der Waals surface area contributed by atoms with Crippen LogP contribution in [0.3, 0.4) is 0 Å². The minimum Gasteiger partial charge on any atom is -0.376 e. The zero-order valence-electron chi connectivity index (χ0n) is 17.9. The minimum absolute atomic E-state index is 0.0637. The van der Waals surface area contributed by atoms with Gasteiger partial charge in [0.15, 0.2) is 5.13 Å². The predicted octanol–water partition coefficient (Wildman–Crippen LogP) is 4.56. The van der Waals surface area contributed by atoms with Crippen LogP contribution in [-0.4, -0.2) is 56.0 Å². The molecule has 2 saturated heterocycles. The highest BCUT2D eigenvalue weighted by Crippen LogP contribution is 2.34. The molecule has 0 bridgehead atoms. The van der Waals surface area contributed by atoms with Crippen molar-refractivity contribution in [3.05, 3.63) is 53.1 Å². The Balaban J connectivity index is 1.45. The van der Waals surface area contributed by atoms with Crippen LogP contribution in [0.4, 0.5) is 5.13 Å². The van der Waals surface area contributed by atoms with Crippen molar-refractivity contribution in [3.8, 4) is 0 Å². The average Bonchev–Trinajstić information content (AvgIpc) is 3.59. The van der Waals surface area contributed by atoms with Crippen molar-refractivity contribution in [3.63, 3.8) is 0 Å². The smallest absolute Gasteiger partial charge is 0.260 e. The van der Waals surface area contributed by atoms with E-state index >= 15 is 0 Å². The van der Waals surface area contributed by atoms with Gasteiger partial charge >= 0.3 is 0 Å². The normalized spacial score (nSPS) is 19.4. The fourth-order valence-electron chi connectivity index (χ4n) is 4.26. The number of amides is 1. The number of nitrogens with zero attached hydrogens (tertiary/aromatic N) is 3. The lowest BCUT2D eigenvalue weighted by Crippen LogP contribution is -2.37. The maximum Gasteiger partial charge on any atom is 0.260 e. The van der Waals surface area contributed by atoms with Gasteiger partial charge in [-0.15, -0.1) is 0 Å². The van der Waals surface area contributed by atoms with E-state index in [1.54, 1.807) is 23.1 Å². The first kappa shape index (κ1) is 22.7. The molecule has 0 aliphatic carbocycles. The first-order valence-corrected chi connectivity index (χ1v) is 13.7. The van der Waals surface area contributed by atoms with Crippen molar-refractivity contribution < 1.29 is 17.9 Å². The molecule has 3 heterocycles. The second-order valence-corrected chi connectivity index (χ2v) is 11.6. The Morgan fingerprint density at radius 3 is 2.58 bits per heavy atom. The zero-order chi connectivity index (χ0) is 23.0. The minimum atomic E-state index is -3.53. The van der Waals surface area contributed by atoms with Gasteiger partial charge in [0.2, 0.25) is 10.0 Å². The van der Waals surface area contributed by atoms with E-state index in [0.717, 1.165) is 30.4 Å². The largest absolute Gasteiger partial charge is 0.376 e. The van der Waals surface area contributed by atoms with Crippen molar-refractivity contribution in [2.24, 2.45) is 0 Å². The standard InChI is InChI=1S/C23H24ClN3O4S2/c24-19-6-3-7-20-21(19)25-23(32-20)27(15-17-5-4-14-31-17)22(28)16-8-10-18(11-9-16)33(29,30)26-12-1-2-13-26/h3,6-11,17H,1-2,4-5,12-15H2. The van der Waals surface area contributed by atoms with Crippen molar-refractivity contribution in [2.75, 3.05) is 31.1 Å². The number of hydrogen-bond acceptors (Lipinski definition) is 6. The monoisotopic (exact) mass is 505 g/mol. The average molecular weight is 506 g/mol. The number of aromatic nitrogens is 1. The number of benzene rings is 2. The molecule has 2 aliphatic rings. The summed E-state index contributed by atoms with van der Waals surface area (Å²) < 4.78 is 33.8. The van der Waals surface area contributed by atoms with Gasteiger partial charge in [0.05, 0.1) is 27.3 Å². The van der Waals surface area contributed by atoms with E-state index in [1.165, 1.54) is 27.8 Å². The van der Waals surface area contributed by atoms with E-state index in [9.17, 15) is 13.2 Å². The quantitative estimate of drug-likeness (QED) is 0.490. The van der Waals surface area contributed by atoms with Crippen molar-refractivity contribution in [2.45, 2.75) is 36.7 Å². The molecule has 7 nitrogen and oxygen atoms in total. The molecule has 10 heteroatoms. The SMILES string of the molecule is O=C(c1ccc(S(=O)(=O)N2CCCC2)cc1)N(CC1CCCO1)c1nc2c(Cl)cccc2s1. The summed E-state index contributed by atoms with van der Waals surface area (Å²) in [6.07, 6.45) is 3.52. The molecular weight excluding hydrogens is 482 g/mol. The van der Waals surface area contributed by atoms with Crippen LogP contribution in [0.2, 0.25) is 5.02 Å². The number of fused-ring (bicyclic) bond motifs is 1. The molecule has 0 saturated carbocycles. The lowest BCUT2D eigenvalue weighted by molar-refractivity contribution is 0.0917. The molecule has 1 unspecified atom stereocenters. The first-order valence-electron chi connectivity index (χ1n) is 11.0. The highest BCUT2D eigenvalue weighted by atomic mass is 35.5. The highest BCUT2D eigenvalue weighted by molar-refractivity contribution is 7.89. The van der Waals surface area contributed by atoms with Crippen molar-refractivity contribution in [1.29, 1.82) is 0 Å². The summed E-state index contributed by atoms with van der Waals surface area (Å²) in [5.74, 6) is -0.245. The Kier molecular flexibility index (Phi) is 6.41. The van der Waals surface area contributed by atoms with E-state index in [4.69, 9.17) is 16.3 Å². The van der Waals surface area contributed by atoms with E-state index in [1.807, 2.05) is 12.1 Å². The zero-order valence-corrected chi connectivity index (χ0v) is 20.3. The highest BCUT2D eigenvalue weighted by Gasteiger charge is 2.29. The van der Waals surface area contributed by atoms with Gasteiger partial charge in [-0.3, -0.25) is 9.69 Å². The number of rotatable bonds is 6. The number of halogens is 1. The van der Waals surface area contributed by atoms with Crippen molar-refractivity contribution in [1.82, 2.24) is 9.29 Å². The molecule has 0 radical (unpaired) electrons. The van der Waals surface area contributed by atoms with Crippen LogP contribution in [0.1, 0.15) is 36.0 Å². The lowest BCUT2D eigenvalue weighted by atomic mass is 10.2. The summed E-state index contributed by atoms with van der Waals surface area (Å²) in [5.41, 5.74) is 1.06. The van der Waals surface area contributed by atoms with Gasteiger partial charge in [0.1, 0.15) is 5.52 Å². The summed E-state index contributed by atoms with van der Waals surface area (Å²) in [6.45, 7) is 2.14. The van der Waals surface area contributed by atoms with Gasteiger partial charge in [-0.25, -0.2) is 13.4 Å². The Morgan fingerprint density at radius 2 is 1.91 bits per heavy atom. The third kappa shape index (κ3) is 4.52. The second-order valence-electron chi connectivity index (χ2n) is 8.27. The van der Waals surface area contributed by atoms with Gasteiger partial charge in [-0.05, 0) is 62.1 Å². The number of carbonyl (C=O) groups excluding carboxylic acids is 1. The Morgan fingerprint density at radius 1 is 1.15 bits per heavy atom. The summed E-state index contributed by atoms with van der Waals surface area (Å²) in [7, 11) is -3.53. The van der Waals surface area contributed by atoms with Crippen LogP contribution in [-0.2, 0) is 14.8 Å². The van der Waals surface area contributed by atoms with Gasteiger partial charge in [0, 0.05) is 25.3 Å². The molecule has 1 amide bonds. The van der Waals surface area contributed by atoms with Gasteiger partial charge in [-0.2, -0.15) is 4.31 Å². The summed E-state index contributed by atoms with van der Waals surface area (Å²) in [4.78, 5) is 20.0. The van der Waals surface area contributed by atoms with Crippen LogP contribution in [0, 0.1) is 0 Å². The Hall–Kier alpha value is -2.04. The third-order valence-electron chi connectivity index (χ3n) is 6.05. The van der Waals surface area contributed by atoms with Crippen LogP contribution in [0.5, 0.6) is 0 Å². The van der Waals surface area contributed by atoms with Gasteiger partial charge < -0.3 is 4.74 Å². The Labute approximate surface area is 202 Å². The predicted molar refractivity (Wildman–Crippen MR) is 130 cm³/mol.